The van der Waals surface area contributed by atoms with Gasteiger partial charge in [0.1, 0.15) is 5.75 Å². The highest BCUT2D eigenvalue weighted by molar-refractivity contribution is 5.55. The Morgan fingerprint density at radius 3 is 2.70 bits per heavy atom. The van der Waals surface area contributed by atoms with Gasteiger partial charge in [-0.05, 0) is 44.2 Å². The molecule has 1 aromatic heterocycles. The van der Waals surface area contributed by atoms with Gasteiger partial charge in [0.05, 0.1) is 7.11 Å². The van der Waals surface area contributed by atoms with E-state index in [1.807, 2.05) is 24.3 Å². The molecule has 2 aromatic rings. The van der Waals surface area contributed by atoms with Gasteiger partial charge in [-0.1, -0.05) is 12.1 Å². The van der Waals surface area contributed by atoms with Gasteiger partial charge in [-0.2, -0.15) is 4.98 Å². The van der Waals surface area contributed by atoms with Gasteiger partial charge in [0.25, 0.3) is 0 Å². The molecule has 1 unspecified atom stereocenters. The monoisotopic (exact) mass is 275 g/mol. The van der Waals surface area contributed by atoms with Crippen molar-refractivity contribution >= 4 is 0 Å². The number of rotatable bonds is 7. The second-order valence-corrected chi connectivity index (χ2v) is 4.80. The number of ether oxygens (including phenoxy) is 1. The summed E-state index contributed by atoms with van der Waals surface area (Å²) in [6.07, 6.45) is 1.86. The summed E-state index contributed by atoms with van der Waals surface area (Å²) in [5.41, 5.74) is 0.926. The second kappa shape index (κ2) is 7.05. The Balaban J connectivity index is 2.00. The molecule has 0 aliphatic heterocycles. The number of nitrogens with one attached hydrogen (secondary N) is 1. The number of aromatic nitrogens is 2. The zero-order valence-electron chi connectivity index (χ0n) is 12.2. The molecular formula is C15H21N3O2. The fraction of sp³-hybridized carbons (Fsp3) is 0.467. The van der Waals surface area contributed by atoms with Crippen molar-refractivity contribution in [3.05, 3.63) is 30.2 Å². The molecule has 1 heterocycles. The number of methoxy groups -OCH3 is 1. The topological polar surface area (TPSA) is 60.2 Å². The van der Waals surface area contributed by atoms with Gasteiger partial charge in [0, 0.05) is 18.0 Å². The summed E-state index contributed by atoms with van der Waals surface area (Å²) >= 11 is 0. The average Bonchev–Trinajstić information content (AvgIpc) is 2.93. The minimum atomic E-state index is 0.333. The summed E-state index contributed by atoms with van der Waals surface area (Å²) in [5, 5.41) is 7.42. The summed E-state index contributed by atoms with van der Waals surface area (Å²) in [6, 6.07) is 7.95. The van der Waals surface area contributed by atoms with E-state index in [1.54, 1.807) is 7.11 Å². The smallest absolute Gasteiger partial charge is 0.228 e. The van der Waals surface area contributed by atoms with E-state index >= 15 is 0 Å². The van der Waals surface area contributed by atoms with E-state index in [-0.39, 0.29) is 0 Å². The van der Waals surface area contributed by atoms with Crippen LogP contribution in [-0.2, 0) is 6.42 Å². The molecule has 1 N–H and O–H groups in total. The van der Waals surface area contributed by atoms with Gasteiger partial charge in [-0.25, -0.2) is 0 Å². The van der Waals surface area contributed by atoms with Crippen LogP contribution in [0.15, 0.2) is 28.8 Å². The maximum Gasteiger partial charge on any atom is 0.228 e. The van der Waals surface area contributed by atoms with Crippen molar-refractivity contribution in [3.63, 3.8) is 0 Å². The zero-order chi connectivity index (χ0) is 14.4. The molecule has 0 amide bonds. The molecule has 20 heavy (non-hydrogen) atoms. The standard InChI is InChI=1S/C15H21N3O2/c1-4-9-16-11(2)10-14-17-15(18-20-14)12-5-7-13(19-3)8-6-12/h5-8,11,16H,4,9-10H2,1-3H3. The van der Waals surface area contributed by atoms with E-state index in [1.165, 1.54) is 0 Å². The van der Waals surface area contributed by atoms with Crippen molar-refractivity contribution in [1.29, 1.82) is 0 Å². The van der Waals surface area contributed by atoms with Gasteiger partial charge >= 0.3 is 0 Å². The summed E-state index contributed by atoms with van der Waals surface area (Å²) in [7, 11) is 1.64. The molecule has 0 spiro atoms. The molecule has 0 saturated heterocycles. The summed E-state index contributed by atoms with van der Waals surface area (Å²) in [4.78, 5) is 4.43. The number of nitrogens with zero attached hydrogens (tertiary/aromatic N) is 2. The third kappa shape index (κ3) is 3.81. The van der Waals surface area contributed by atoms with Crippen LogP contribution < -0.4 is 10.1 Å². The highest BCUT2D eigenvalue weighted by atomic mass is 16.5. The van der Waals surface area contributed by atoms with Gasteiger partial charge in [-0.3, -0.25) is 0 Å². The maximum atomic E-state index is 5.29. The fourth-order valence-corrected chi connectivity index (χ4v) is 1.92. The maximum absolute atomic E-state index is 5.29. The van der Waals surface area contributed by atoms with Gasteiger partial charge in [0.2, 0.25) is 11.7 Å². The molecule has 0 radical (unpaired) electrons. The molecule has 5 nitrogen and oxygen atoms in total. The minimum Gasteiger partial charge on any atom is -0.497 e. The lowest BCUT2D eigenvalue weighted by Crippen LogP contribution is -2.28. The third-order valence-corrected chi connectivity index (χ3v) is 3.04. The van der Waals surface area contributed by atoms with Crippen molar-refractivity contribution in [3.8, 4) is 17.1 Å². The van der Waals surface area contributed by atoms with Crippen molar-refractivity contribution in [2.24, 2.45) is 0 Å². The number of hydrogen-bond acceptors (Lipinski definition) is 5. The molecule has 108 valence electrons. The Kier molecular flexibility index (Phi) is 5.12. The van der Waals surface area contributed by atoms with Crippen LogP contribution in [0.2, 0.25) is 0 Å². The average molecular weight is 275 g/mol. The summed E-state index contributed by atoms with van der Waals surface area (Å²) in [6.45, 7) is 5.27. The minimum absolute atomic E-state index is 0.333. The Bertz CT molecular complexity index is 522. The highest BCUT2D eigenvalue weighted by Gasteiger charge is 2.11. The van der Waals surface area contributed by atoms with E-state index in [2.05, 4.69) is 29.3 Å². The van der Waals surface area contributed by atoms with E-state index < -0.39 is 0 Å². The molecule has 5 heteroatoms. The van der Waals surface area contributed by atoms with Gasteiger partial charge in [0.15, 0.2) is 0 Å². The van der Waals surface area contributed by atoms with Crippen molar-refractivity contribution in [2.45, 2.75) is 32.7 Å². The van der Waals surface area contributed by atoms with Crippen LogP contribution in [0.3, 0.4) is 0 Å². The quantitative estimate of drug-likeness (QED) is 0.841. The lowest BCUT2D eigenvalue weighted by Gasteiger charge is -2.09. The molecule has 0 aliphatic rings. The zero-order valence-corrected chi connectivity index (χ0v) is 12.2. The normalized spacial score (nSPS) is 12.3. The number of benzene rings is 1. The van der Waals surface area contributed by atoms with Crippen LogP contribution in [0.4, 0.5) is 0 Å². The molecule has 0 fully saturated rings. The molecule has 1 aromatic carbocycles. The lowest BCUT2D eigenvalue weighted by molar-refractivity contribution is 0.362. The van der Waals surface area contributed by atoms with Gasteiger partial charge in [-0.15, -0.1) is 0 Å². The molecular weight excluding hydrogens is 254 g/mol. The molecule has 0 bridgehead atoms. The Morgan fingerprint density at radius 1 is 1.30 bits per heavy atom. The van der Waals surface area contributed by atoms with Gasteiger partial charge < -0.3 is 14.6 Å². The second-order valence-electron chi connectivity index (χ2n) is 4.80. The van der Waals surface area contributed by atoms with Crippen LogP contribution in [0, 0.1) is 0 Å². The Morgan fingerprint density at radius 2 is 2.05 bits per heavy atom. The van der Waals surface area contributed by atoms with Crippen LogP contribution in [0.25, 0.3) is 11.4 Å². The molecule has 0 aliphatic carbocycles. The van der Waals surface area contributed by atoms with E-state index in [0.717, 1.165) is 30.7 Å². The first-order chi connectivity index (χ1) is 9.72. The van der Waals surface area contributed by atoms with E-state index in [4.69, 9.17) is 9.26 Å². The lowest BCUT2D eigenvalue weighted by atomic mass is 10.2. The van der Waals surface area contributed by atoms with Crippen molar-refractivity contribution in [1.82, 2.24) is 15.5 Å². The Hall–Kier alpha value is -1.88. The van der Waals surface area contributed by atoms with Crippen LogP contribution in [0.1, 0.15) is 26.2 Å². The molecule has 2 rings (SSSR count). The van der Waals surface area contributed by atoms with E-state index in [9.17, 15) is 0 Å². The first kappa shape index (κ1) is 14.5. The summed E-state index contributed by atoms with van der Waals surface area (Å²) in [5.74, 6) is 2.09. The third-order valence-electron chi connectivity index (χ3n) is 3.04. The van der Waals surface area contributed by atoms with Crippen molar-refractivity contribution < 1.29 is 9.26 Å². The molecule has 0 saturated carbocycles. The van der Waals surface area contributed by atoms with Crippen molar-refractivity contribution in [2.75, 3.05) is 13.7 Å². The Labute approximate surface area is 119 Å². The summed E-state index contributed by atoms with van der Waals surface area (Å²) < 4.78 is 10.4. The van der Waals surface area contributed by atoms with E-state index in [0.29, 0.717) is 17.8 Å². The number of hydrogen-bond donors (Lipinski definition) is 1. The van der Waals surface area contributed by atoms with Crippen LogP contribution in [0.5, 0.6) is 5.75 Å². The first-order valence-electron chi connectivity index (χ1n) is 6.93. The predicted octanol–water partition coefficient (Wildman–Crippen LogP) is 2.68. The molecule has 1 atom stereocenters. The van der Waals surface area contributed by atoms with Crippen LogP contribution in [-0.4, -0.2) is 29.8 Å². The highest BCUT2D eigenvalue weighted by Crippen LogP contribution is 2.19. The fourth-order valence-electron chi connectivity index (χ4n) is 1.92. The first-order valence-corrected chi connectivity index (χ1v) is 6.93. The predicted molar refractivity (Wildman–Crippen MR) is 77.7 cm³/mol. The van der Waals surface area contributed by atoms with Crippen LogP contribution >= 0.6 is 0 Å². The SMILES string of the molecule is CCCNC(C)Cc1nc(-c2ccc(OC)cc2)no1. The largest absolute Gasteiger partial charge is 0.497 e.